The molecule has 0 spiro atoms. The van der Waals surface area contributed by atoms with Crippen LogP contribution in [-0.2, 0) is 5.75 Å². The Bertz CT molecular complexity index is 931. The van der Waals surface area contributed by atoms with Crippen LogP contribution in [0, 0.1) is 0 Å². The highest BCUT2D eigenvalue weighted by Crippen LogP contribution is 2.34. The standard InChI is InChI=1S/C17H14BrClN4O2S/c1-25-15-7-12(6-14(18)16(15)24)8-21-23-10-20-22-17(23)26-9-11-2-4-13(19)5-3-11/h2-8,10,24H,9H2,1H3/b21-8-. The number of halogens is 2. The van der Waals surface area contributed by atoms with E-state index >= 15 is 0 Å². The van der Waals surface area contributed by atoms with Gasteiger partial charge in [-0.25, -0.2) is 0 Å². The van der Waals surface area contributed by atoms with Gasteiger partial charge < -0.3 is 9.84 Å². The van der Waals surface area contributed by atoms with Gasteiger partial charge in [0, 0.05) is 10.8 Å². The highest BCUT2D eigenvalue weighted by atomic mass is 79.9. The third-order valence-electron chi connectivity index (χ3n) is 3.38. The Morgan fingerprint density at radius 1 is 1.35 bits per heavy atom. The van der Waals surface area contributed by atoms with Crippen molar-refractivity contribution in [1.29, 1.82) is 0 Å². The van der Waals surface area contributed by atoms with Crippen molar-refractivity contribution in [2.45, 2.75) is 10.9 Å². The summed E-state index contributed by atoms with van der Waals surface area (Å²) in [5.41, 5.74) is 1.89. The zero-order chi connectivity index (χ0) is 18.5. The minimum Gasteiger partial charge on any atom is -0.503 e. The molecule has 0 aliphatic rings. The van der Waals surface area contributed by atoms with E-state index in [1.165, 1.54) is 25.2 Å². The van der Waals surface area contributed by atoms with Crippen LogP contribution in [0.3, 0.4) is 0 Å². The Morgan fingerprint density at radius 3 is 2.85 bits per heavy atom. The number of rotatable bonds is 6. The number of hydrogen-bond acceptors (Lipinski definition) is 6. The fourth-order valence-electron chi connectivity index (χ4n) is 2.07. The van der Waals surface area contributed by atoms with Gasteiger partial charge in [0.05, 0.1) is 17.8 Å². The summed E-state index contributed by atoms with van der Waals surface area (Å²) in [5.74, 6) is 1.14. The van der Waals surface area contributed by atoms with Crippen molar-refractivity contribution in [3.63, 3.8) is 0 Å². The van der Waals surface area contributed by atoms with E-state index in [1.54, 1.807) is 23.0 Å². The maximum Gasteiger partial charge on any atom is 0.212 e. The van der Waals surface area contributed by atoms with Gasteiger partial charge in [0.1, 0.15) is 6.33 Å². The maximum absolute atomic E-state index is 9.86. The minimum absolute atomic E-state index is 0.0492. The molecule has 1 aromatic heterocycles. The molecule has 1 heterocycles. The average molecular weight is 454 g/mol. The van der Waals surface area contributed by atoms with E-state index in [1.807, 2.05) is 24.3 Å². The number of methoxy groups -OCH3 is 1. The lowest BCUT2D eigenvalue weighted by Gasteiger charge is -2.06. The minimum atomic E-state index is 0.0492. The second-order valence-electron chi connectivity index (χ2n) is 5.17. The van der Waals surface area contributed by atoms with E-state index in [-0.39, 0.29) is 5.75 Å². The van der Waals surface area contributed by atoms with Gasteiger partial charge in [0.2, 0.25) is 5.16 Å². The molecule has 1 N–H and O–H groups in total. The molecule has 6 nitrogen and oxygen atoms in total. The third-order valence-corrected chi connectivity index (χ3v) is 5.24. The van der Waals surface area contributed by atoms with Crippen molar-refractivity contribution in [3.05, 3.63) is 63.3 Å². The molecule has 0 saturated heterocycles. The Labute approximate surface area is 168 Å². The number of phenols is 1. The largest absolute Gasteiger partial charge is 0.503 e. The summed E-state index contributed by atoms with van der Waals surface area (Å²) in [6, 6.07) is 11.1. The van der Waals surface area contributed by atoms with Crippen LogP contribution in [0.2, 0.25) is 5.02 Å². The Balaban J connectivity index is 1.73. The van der Waals surface area contributed by atoms with Crippen molar-refractivity contribution < 1.29 is 9.84 Å². The number of aromatic nitrogens is 3. The van der Waals surface area contributed by atoms with Gasteiger partial charge in [-0.15, -0.1) is 10.2 Å². The molecule has 26 heavy (non-hydrogen) atoms. The molecule has 9 heteroatoms. The molecule has 0 atom stereocenters. The van der Waals surface area contributed by atoms with Gasteiger partial charge in [-0.2, -0.15) is 9.78 Å². The van der Waals surface area contributed by atoms with Gasteiger partial charge >= 0.3 is 0 Å². The molecular weight excluding hydrogens is 440 g/mol. The summed E-state index contributed by atoms with van der Waals surface area (Å²) in [5, 5.41) is 23.6. The smallest absolute Gasteiger partial charge is 0.212 e. The Morgan fingerprint density at radius 2 is 2.12 bits per heavy atom. The molecule has 0 aliphatic heterocycles. The first-order valence-electron chi connectivity index (χ1n) is 7.45. The number of aromatic hydroxyl groups is 1. The average Bonchev–Trinajstić information content (AvgIpc) is 3.09. The molecule has 0 bridgehead atoms. The van der Waals surface area contributed by atoms with Gasteiger partial charge in [0.25, 0.3) is 0 Å². The van der Waals surface area contributed by atoms with E-state index < -0.39 is 0 Å². The van der Waals surface area contributed by atoms with Crippen LogP contribution >= 0.6 is 39.3 Å². The normalized spacial score (nSPS) is 11.2. The number of ether oxygens (including phenoxy) is 1. The second kappa shape index (κ2) is 8.57. The van der Waals surface area contributed by atoms with Crippen molar-refractivity contribution in [2.75, 3.05) is 7.11 Å². The third kappa shape index (κ3) is 4.57. The van der Waals surface area contributed by atoms with Gasteiger partial charge in [-0.1, -0.05) is 35.5 Å². The molecule has 3 rings (SSSR count). The van der Waals surface area contributed by atoms with E-state index in [2.05, 4.69) is 31.2 Å². The number of nitrogens with zero attached hydrogens (tertiary/aromatic N) is 4. The highest BCUT2D eigenvalue weighted by molar-refractivity contribution is 9.10. The summed E-state index contributed by atoms with van der Waals surface area (Å²) in [7, 11) is 1.49. The SMILES string of the molecule is COc1cc(/C=N\n2cnnc2SCc2ccc(Cl)cc2)cc(Br)c1O. The van der Waals surface area contributed by atoms with Crippen LogP contribution in [-0.4, -0.2) is 33.3 Å². The summed E-state index contributed by atoms with van der Waals surface area (Å²) >= 11 is 10.7. The summed E-state index contributed by atoms with van der Waals surface area (Å²) in [6.07, 6.45) is 3.18. The zero-order valence-corrected chi connectivity index (χ0v) is 16.8. The van der Waals surface area contributed by atoms with Gasteiger partial charge in [-0.05, 0) is 51.3 Å². The molecule has 2 aromatic carbocycles. The predicted octanol–water partition coefficient (Wildman–Crippen LogP) is 4.58. The lowest BCUT2D eigenvalue weighted by atomic mass is 10.2. The molecule has 0 amide bonds. The molecule has 0 unspecified atom stereocenters. The van der Waals surface area contributed by atoms with Gasteiger partial charge in [0.15, 0.2) is 11.5 Å². The number of benzene rings is 2. The van der Waals surface area contributed by atoms with Crippen LogP contribution in [0.4, 0.5) is 0 Å². The topological polar surface area (TPSA) is 72.5 Å². The molecule has 0 aliphatic carbocycles. The molecule has 3 aromatic rings. The summed E-state index contributed by atoms with van der Waals surface area (Å²) in [6.45, 7) is 0. The van der Waals surface area contributed by atoms with Crippen molar-refractivity contribution in [2.24, 2.45) is 5.10 Å². The second-order valence-corrected chi connectivity index (χ2v) is 7.40. The first-order valence-corrected chi connectivity index (χ1v) is 9.60. The quantitative estimate of drug-likeness (QED) is 0.437. The molecule has 0 saturated carbocycles. The zero-order valence-electron chi connectivity index (χ0n) is 13.6. The van der Waals surface area contributed by atoms with Crippen molar-refractivity contribution in [1.82, 2.24) is 14.9 Å². The lowest BCUT2D eigenvalue weighted by Crippen LogP contribution is -1.94. The van der Waals surface area contributed by atoms with Crippen LogP contribution in [0.15, 0.2) is 57.5 Å². The van der Waals surface area contributed by atoms with Crippen molar-refractivity contribution >= 4 is 45.5 Å². The van der Waals surface area contributed by atoms with Crippen LogP contribution in [0.25, 0.3) is 0 Å². The molecule has 0 radical (unpaired) electrons. The Hall–Kier alpha value is -2.03. The maximum atomic E-state index is 9.86. The van der Waals surface area contributed by atoms with Crippen LogP contribution in [0.5, 0.6) is 11.5 Å². The first-order chi connectivity index (χ1) is 12.6. The first kappa shape index (κ1) is 18.8. The van der Waals surface area contributed by atoms with Gasteiger partial charge in [-0.3, -0.25) is 0 Å². The number of hydrogen-bond donors (Lipinski definition) is 1. The fraction of sp³-hybridized carbons (Fsp3) is 0.118. The monoisotopic (exact) mass is 452 g/mol. The number of phenolic OH excluding ortho intramolecular Hbond substituents is 1. The Kier molecular flexibility index (Phi) is 6.18. The van der Waals surface area contributed by atoms with E-state index in [0.717, 1.165) is 16.9 Å². The van der Waals surface area contributed by atoms with E-state index in [9.17, 15) is 5.11 Å². The molecule has 0 fully saturated rings. The van der Waals surface area contributed by atoms with E-state index in [0.29, 0.717) is 20.4 Å². The van der Waals surface area contributed by atoms with Crippen LogP contribution < -0.4 is 4.74 Å². The lowest BCUT2D eigenvalue weighted by molar-refractivity contribution is 0.372. The van der Waals surface area contributed by atoms with Crippen molar-refractivity contribution in [3.8, 4) is 11.5 Å². The fourth-order valence-corrected chi connectivity index (χ4v) is 3.48. The summed E-state index contributed by atoms with van der Waals surface area (Å²) < 4.78 is 7.25. The summed E-state index contributed by atoms with van der Waals surface area (Å²) in [4.78, 5) is 0. The van der Waals surface area contributed by atoms with Crippen LogP contribution in [0.1, 0.15) is 11.1 Å². The van der Waals surface area contributed by atoms with E-state index in [4.69, 9.17) is 16.3 Å². The molecule has 134 valence electrons. The number of thioether (sulfide) groups is 1. The highest BCUT2D eigenvalue weighted by Gasteiger charge is 2.08. The predicted molar refractivity (Wildman–Crippen MR) is 106 cm³/mol. The molecular formula is C17H14BrClN4O2S.